The van der Waals surface area contributed by atoms with Gasteiger partial charge in [-0.25, -0.2) is 0 Å². The minimum absolute atomic E-state index is 0.103. The lowest BCUT2D eigenvalue weighted by Crippen LogP contribution is -2.51. The van der Waals surface area contributed by atoms with Gasteiger partial charge in [0.1, 0.15) is 0 Å². The number of fused-ring (bicyclic) bond motifs is 1. The summed E-state index contributed by atoms with van der Waals surface area (Å²) >= 11 is 0. The molecule has 2 aliphatic heterocycles. The van der Waals surface area contributed by atoms with Gasteiger partial charge in [-0.3, -0.25) is 0 Å². The zero-order valence-corrected chi connectivity index (χ0v) is 15.2. The summed E-state index contributed by atoms with van der Waals surface area (Å²) in [5, 5.41) is 3.55. The molecule has 1 unspecified atom stereocenters. The quantitative estimate of drug-likeness (QED) is 0.863. The first-order valence-corrected chi connectivity index (χ1v) is 9.61. The van der Waals surface area contributed by atoms with Crippen LogP contribution >= 0.6 is 0 Å². The highest BCUT2D eigenvalue weighted by atomic mass is 32.2. The number of ether oxygens (including phenoxy) is 2. The molecule has 1 saturated heterocycles. The van der Waals surface area contributed by atoms with E-state index >= 15 is 0 Å². The van der Waals surface area contributed by atoms with Crippen molar-refractivity contribution in [3.8, 4) is 11.5 Å². The average Bonchev–Trinajstić information content (AvgIpc) is 3.02. The van der Waals surface area contributed by atoms with Gasteiger partial charge in [-0.05, 0) is 37.5 Å². The fourth-order valence-electron chi connectivity index (χ4n) is 3.15. The number of piperidine rings is 1. The van der Waals surface area contributed by atoms with Crippen LogP contribution in [0.25, 0.3) is 0 Å². The molecule has 2 aliphatic rings. The van der Waals surface area contributed by atoms with Gasteiger partial charge in [0.2, 0.25) is 6.79 Å². The fraction of sp³-hybridized carbons (Fsp3) is 0.625. The Kier molecular flexibility index (Phi) is 5.00. The van der Waals surface area contributed by atoms with E-state index < -0.39 is 10.2 Å². The Morgan fingerprint density at radius 1 is 1.29 bits per heavy atom. The van der Waals surface area contributed by atoms with Crippen LogP contribution in [0, 0.1) is 0 Å². The maximum Gasteiger partial charge on any atom is 0.281 e. The second kappa shape index (κ2) is 6.87. The van der Waals surface area contributed by atoms with Crippen molar-refractivity contribution in [1.82, 2.24) is 13.9 Å². The van der Waals surface area contributed by atoms with Gasteiger partial charge in [0.05, 0.1) is 0 Å². The standard InChI is InChI=1S/C16H25N3O4S/c1-12(13-6-7-15-16(9-13)23-11-22-15)17-14-5-4-8-19(10-14)24(20,21)18(2)3/h6-7,9,12,14,17H,4-5,8,10-11H2,1-3H3/t12?,14-/m1/s1. The van der Waals surface area contributed by atoms with Crippen LogP contribution in [0.5, 0.6) is 11.5 Å². The van der Waals surface area contributed by atoms with E-state index in [-0.39, 0.29) is 18.9 Å². The van der Waals surface area contributed by atoms with E-state index in [1.807, 2.05) is 18.2 Å². The summed E-state index contributed by atoms with van der Waals surface area (Å²) in [6.45, 7) is 3.42. The topological polar surface area (TPSA) is 71.1 Å². The Hall–Kier alpha value is -1.35. The normalized spacial score (nSPS) is 22.8. The number of nitrogens with zero attached hydrogens (tertiary/aromatic N) is 2. The van der Waals surface area contributed by atoms with E-state index in [1.54, 1.807) is 18.4 Å². The van der Waals surface area contributed by atoms with E-state index in [0.717, 1.165) is 29.9 Å². The highest BCUT2D eigenvalue weighted by Gasteiger charge is 2.31. The van der Waals surface area contributed by atoms with Crippen LogP contribution in [0.2, 0.25) is 0 Å². The Balaban J connectivity index is 1.65. The number of nitrogens with one attached hydrogen (secondary N) is 1. The smallest absolute Gasteiger partial charge is 0.281 e. The molecular weight excluding hydrogens is 330 g/mol. The van der Waals surface area contributed by atoms with E-state index in [9.17, 15) is 8.42 Å². The van der Waals surface area contributed by atoms with Crippen molar-refractivity contribution in [2.45, 2.75) is 31.8 Å². The minimum atomic E-state index is -3.35. The Morgan fingerprint density at radius 2 is 2.04 bits per heavy atom. The van der Waals surface area contributed by atoms with Crippen LogP contribution in [0.15, 0.2) is 18.2 Å². The molecule has 1 fully saturated rings. The van der Waals surface area contributed by atoms with Gasteiger partial charge in [0, 0.05) is 39.3 Å². The molecule has 8 heteroatoms. The maximum absolute atomic E-state index is 12.3. The summed E-state index contributed by atoms with van der Waals surface area (Å²) in [5.74, 6) is 1.54. The zero-order valence-electron chi connectivity index (χ0n) is 14.4. The van der Waals surface area contributed by atoms with Crippen LogP contribution in [0.3, 0.4) is 0 Å². The predicted octanol–water partition coefficient (Wildman–Crippen LogP) is 1.34. The molecule has 3 rings (SSSR count). The molecule has 1 N–H and O–H groups in total. The lowest BCUT2D eigenvalue weighted by Gasteiger charge is -2.35. The van der Waals surface area contributed by atoms with E-state index in [1.165, 1.54) is 4.31 Å². The van der Waals surface area contributed by atoms with Crippen LogP contribution in [0.4, 0.5) is 0 Å². The van der Waals surface area contributed by atoms with E-state index in [2.05, 4.69) is 12.2 Å². The van der Waals surface area contributed by atoms with Crippen molar-refractivity contribution in [3.63, 3.8) is 0 Å². The number of hydrogen-bond acceptors (Lipinski definition) is 5. The van der Waals surface area contributed by atoms with Crippen molar-refractivity contribution in [2.75, 3.05) is 34.0 Å². The molecule has 0 saturated carbocycles. The lowest BCUT2D eigenvalue weighted by atomic mass is 10.0. The third-order valence-electron chi connectivity index (χ3n) is 4.55. The largest absolute Gasteiger partial charge is 0.454 e. The summed E-state index contributed by atoms with van der Waals surface area (Å²) in [7, 11) is -0.209. The highest BCUT2D eigenvalue weighted by Crippen LogP contribution is 2.34. The number of hydrogen-bond donors (Lipinski definition) is 1. The molecule has 0 aromatic heterocycles. The van der Waals surface area contributed by atoms with E-state index in [0.29, 0.717) is 13.1 Å². The van der Waals surface area contributed by atoms with Crippen LogP contribution in [-0.2, 0) is 10.2 Å². The highest BCUT2D eigenvalue weighted by molar-refractivity contribution is 7.86. The SMILES string of the molecule is CC(N[C@@H]1CCCN(S(=O)(=O)N(C)C)C1)c1ccc2c(c1)OCO2. The van der Waals surface area contributed by atoms with Gasteiger partial charge in [-0.1, -0.05) is 6.07 Å². The molecule has 134 valence electrons. The molecule has 0 amide bonds. The first kappa shape index (κ1) is 17.5. The molecule has 0 radical (unpaired) electrons. The third kappa shape index (κ3) is 3.51. The van der Waals surface area contributed by atoms with Gasteiger partial charge in [-0.2, -0.15) is 17.0 Å². The average molecular weight is 355 g/mol. The maximum atomic E-state index is 12.3. The monoisotopic (exact) mass is 355 g/mol. The first-order chi connectivity index (χ1) is 11.4. The third-order valence-corrected chi connectivity index (χ3v) is 6.46. The van der Waals surface area contributed by atoms with Crippen LogP contribution < -0.4 is 14.8 Å². The number of benzene rings is 1. The van der Waals surface area contributed by atoms with Crippen LogP contribution in [-0.4, -0.2) is 57.0 Å². The Bertz CT molecular complexity index is 693. The molecule has 1 aromatic carbocycles. The Morgan fingerprint density at radius 3 is 2.79 bits per heavy atom. The lowest BCUT2D eigenvalue weighted by molar-refractivity contribution is 0.174. The zero-order chi connectivity index (χ0) is 17.3. The van der Waals surface area contributed by atoms with Crippen molar-refractivity contribution in [1.29, 1.82) is 0 Å². The van der Waals surface area contributed by atoms with Gasteiger partial charge < -0.3 is 14.8 Å². The van der Waals surface area contributed by atoms with Crippen molar-refractivity contribution < 1.29 is 17.9 Å². The molecule has 1 aromatic rings. The number of rotatable bonds is 5. The molecule has 2 atom stereocenters. The Labute approximate surface area is 143 Å². The van der Waals surface area contributed by atoms with Crippen molar-refractivity contribution >= 4 is 10.2 Å². The summed E-state index contributed by atoms with van der Waals surface area (Å²) in [6, 6.07) is 6.15. The fourth-order valence-corrected chi connectivity index (χ4v) is 4.34. The second-order valence-corrected chi connectivity index (χ2v) is 8.63. The summed E-state index contributed by atoms with van der Waals surface area (Å²) < 4.78 is 38.2. The molecular formula is C16H25N3O4S. The minimum Gasteiger partial charge on any atom is -0.454 e. The van der Waals surface area contributed by atoms with Crippen molar-refractivity contribution in [2.24, 2.45) is 0 Å². The molecule has 0 aliphatic carbocycles. The predicted molar refractivity (Wildman–Crippen MR) is 91.3 cm³/mol. The van der Waals surface area contributed by atoms with Crippen molar-refractivity contribution in [3.05, 3.63) is 23.8 Å². The second-order valence-electron chi connectivity index (χ2n) is 6.49. The summed E-state index contributed by atoms with van der Waals surface area (Å²) in [5.41, 5.74) is 1.10. The molecule has 7 nitrogen and oxygen atoms in total. The summed E-state index contributed by atoms with van der Waals surface area (Å²) in [6.07, 6.45) is 1.83. The molecule has 2 heterocycles. The molecule has 0 bridgehead atoms. The summed E-state index contributed by atoms with van der Waals surface area (Å²) in [4.78, 5) is 0. The van der Waals surface area contributed by atoms with Gasteiger partial charge in [0.25, 0.3) is 10.2 Å². The van der Waals surface area contributed by atoms with Crippen LogP contribution in [0.1, 0.15) is 31.4 Å². The van der Waals surface area contributed by atoms with E-state index in [4.69, 9.17) is 9.47 Å². The molecule has 24 heavy (non-hydrogen) atoms. The van der Waals surface area contributed by atoms with Gasteiger partial charge >= 0.3 is 0 Å². The first-order valence-electron chi connectivity index (χ1n) is 8.21. The van der Waals surface area contributed by atoms with Gasteiger partial charge in [0.15, 0.2) is 11.5 Å². The molecule has 0 spiro atoms. The van der Waals surface area contributed by atoms with Gasteiger partial charge in [-0.15, -0.1) is 0 Å².